The second kappa shape index (κ2) is 8.06. The average Bonchev–Trinajstić information content (AvgIpc) is 3.20. The standard InChI is InChI=1S/C19H31N5O/c1-15-16(19(22(2)3)23(4)21-15)13-20-14-17(18-9-8-12-25-18)24-10-6-5-7-11-24/h8-9,12,17,20H,5-7,10-11,13-14H2,1-4H3/t17-/m0/s1. The number of aryl methyl sites for hydroxylation is 2. The zero-order valence-corrected chi connectivity index (χ0v) is 16.0. The number of furan rings is 1. The maximum Gasteiger partial charge on any atom is 0.130 e. The van der Waals surface area contributed by atoms with Gasteiger partial charge in [-0.3, -0.25) is 9.58 Å². The molecule has 1 aliphatic heterocycles. The lowest BCUT2D eigenvalue weighted by Crippen LogP contribution is -2.39. The molecule has 0 bridgehead atoms. The van der Waals surface area contributed by atoms with Gasteiger partial charge in [-0.1, -0.05) is 6.42 Å². The van der Waals surface area contributed by atoms with Crippen LogP contribution in [-0.2, 0) is 13.6 Å². The lowest BCUT2D eigenvalue weighted by molar-refractivity contribution is 0.142. The quantitative estimate of drug-likeness (QED) is 0.836. The summed E-state index contributed by atoms with van der Waals surface area (Å²) in [5.74, 6) is 2.22. The summed E-state index contributed by atoms with van der Waals surface area (Å²) in [6.45, 7) is 6.09. The smallest absolute Gasteiger partial charge is 0.130 e. The van der Waals surface area contributed by atoms with Crippen LogP contribution < -0.4 is 10.2 Å². The van der Waals surface area contributed by atoms with Crippen molar-refractivity contribution in [1.82, 2.24) is 20.0 Å². The Labute approximate surface area is 150 Å². The molecule has 25 heavy (non-hydrogen) atoms. The summed E-state index contributed by atoms with van der Waals surface area (Å²) in [4.78, 5) is 4.68. The summed E-state index contributed by atoms with van der Waals surface area (Å²) in [6.07, 6.45) is 5.69. The molecule has 138 valence electrons. The van der Waals surface area contributed by atoms with Gasteiger partial charge in [0.1, 0.15) is 11.6 Å². The second-order valence-electron chi connectivity index (χ2n) is 7.16. The van der Waals surface area contributed by atoms with E-state index in [1.54, 1.807) is 6.26 Å². The van der Waals surface area contributed by atoms with E-state index in [2.05, 4.69) is 47.3 Å². The Balaban J connectivity index is 1.68. The molecule has 1 atom stereocenters. The van der Waals surface area contributed by atoms with E-state index in [0.29, 0.717) is 6.04 Å². The van der Waals surface area contributed by atoms with Crippen LogP contribution in [0, 0.1) is 6.92 Å². The Hall–Kier alpha value is -1.79. The number of piperidine rings is 1. The highest BCUT2D eigenvalue weighted by Gasteiger charge is 2.24. The van der Waals surface area contributed by atoms with Crippen LogP contribution in [0.25, 0.3) is 0 Å². The second-order valence-corrected chi connectivity index (χ2v) is 7.16. The molecule has 6 heteroatoms. The van der Waals surface area contributed by atoms with E-state index in [-0.39, 0.29) is 0 Å². The molecule has 2 aromatic rings. The van der Waals surface area contributed by atoms with Crippen molar-refractivity contribution in [2.24, 2.45) is 7.05 Å². The summed E-state index contributed by atoms with van der Waals surface area (Å²) in [7, 11) is 6.14. The largest absolute Gasteiger partial charge is 0.468 e. The predicted octanol–water partition coefficient (Wildman–Crippen LogP) is 2.70. The van der Waals surface area contributed by atoms with Crippen molar-refractivity contribution in [3.8, 4) is 0 Å². The van der Waals surface area contributed by atoms with Gasteiger partial charge in [0.25, 0.3) is 0 Å². The van der Waals surface area contributed by atoms with Crippen molar-refractivity contribution >= 4 is 5.82 Å². The van der Waals surface area contributed by atoms with Crippen molar-refractivity contribution in [3.05, 3.63) is 35.4 Å². The van der Waals surface area contributed by atoms with Gasteiger partial charge >= 0.3 is 0 Å². The topological polar surface area (TPSA) is 49.5 Å². The lowest BCUT2D eigenvalue weighted by Gasteiger charge is -2.33. The van der Waals surface area contributed by atoms with Gasteiger partial charge in [-0.2, -0.15) is 5.10 Å². The molecule has 0 spiro atoms. The van der Waals surface area contributed by atoms with Gasteiger partial charge in [-0.05, 0) is 45.0 Å². The molecule has 0 saturated carbocycles. The van der Waals surface area contributed by atoms with Crippen LogP contribution in [0.4, 0.5) is 5.82 Å². The number of hydrogen-bond donors (Lipinski definition) is 1. The number of nitrogens with one attached hydrogen (secondary N) is 1. The molecule has 6 nitrogen and oxygen atoms in total. The summed E-state index contributed by atoms with van der Waals surface area (Å²) in [5.41, 5.74) is 2.36. The number of nitrogens with zero attached hydrogens (tertiary/aromatic N) is 4. The Morgan fingerprint density at radius 2 is 2.04 bits per heavy atom. The maximum atomic E-state index is 5.74. The predicted molar refractivity (Wildman–Crippen MR) is 101 cm³/mol. The molecule has 1 saturated heterocycles. The van der Waals surface area contributed by atoms with Gasteiger partial charge in [-0.15, -0.1) is 0 Å². The zero-order chi connectivity index (χ0) is 17.8. The van der Waals surface area contributed by atoms with Crippen LogP contribution in [-0.4, -0.2) is 48.4 Å². The Kier molecular flexibility index (Phi) is 5.81. The highest BCUT2D eigenvalue weighted by molar-refractivity contribution is 5.48. The number of rotatable bonds is 7. The number of hydrogen-bond acceptors (Lipinski definition) is 5. The minimum atomic E-state index is 0.301. The molecule has 0 aromatic carbocycles. The molecular weight excluding hydrogens is 314 g/mol. The van der Waals surface area contributed by atoms with Crippen LogP contribution in [0.5, 0.6) is 0 Å². The van der Waals surface area contributed by atoms with Gasteiger partial charge in [-0.25, -0.2) is 0 Å². The Morgan fingerprint density at radius 1 is 1.28 bits per heavy atom. The highest BCUT2D eigenvalue weighted by Crippen LogP contribution is 2.25. The third-order valence-corrected chi connectivity index (χ3v) is 5.08. The van der Waals surface area contributed by atoms with Crippen molar-refractivity contribution in [3.63, 3.8) is 0 Å². The third-order valence-electron chi connectivity index (χ3n) is 5.08. The third kappa shape index (κ3) is 4.07. The molecule has 3 heterocycles. The monoisotopic (exact) mass is 345 g/mol. The van der Waals surface area contributed by atoms with Crippen molar-refractivity contribution in [2.45, 2.75) is 38.8 Å². The number of likely N-dealkylation sites (tertiary alicyclic amines) is 1. The van der Waals surface area contributed by atoms with Gasteiger partial charge in [0.2, 0.25) is 0 Å². The first-order valence-electron chi connectivity index (χ1n) is 9.26. The van der Waals surface area contributed by atoms with E-state index in [0.717, 1.165) is 43.5 Å². The summed E-state index contributed by atoms with van der Waals surface area (Å²) in [6, 6.07) is 4.39. The number of aromatic nitrogens is 2. The van der Waals surface area contributed by atoms with E-state index in [9.17, 15) is 0 Å². The first kappa shape index (κ1) is 18.0. The molecule has 1 N–H and O–H groups in total. The van der Waals surface area contributed by atoms with Crippen LogP contribution in [0.3, 0.4) is 0 Å². The fourth-order valence-corrected chi connectivity index (χ4v) is 3.91. The zero-order valence-electron chi connectivity index (χ0n) is 16.0. The molecule has 2 aromatic heterocycles. The first-order valence-corrected chi connectivity index (χ1v) is 9.26. The van der Waals surface area contributed by atoms with E-state index in [1.807, 2.05) is 17.8 Å². The summed E-state index contributed by atoms with van der Waals surface area (Å²) < 4.78 is 7.69. The van der Waals surface area contributed by atoms with E-state index < -0.39 is 0 Å². The first-order chi connectivity index (χ1) is 12.1. The van der Waals surface area contributed by atoms with Crippen LogP contribution in [0.1, 0.15) is 42.3 Å². The number of anilines is 1. The average molecular weight is 345 g/mol. The van der Waals surface area contributed by atoms with E-state index in [1.165, 1.54) is 24.8 Å². The fraction of sp³-hybridized carbons (Fsp3) is 0.632. The van der Waals surface area contributed by atoms with Crippen LogP contribution >= 0.6 is 0 Å². The van der Waals surface area contributed by atoms with Crippen molar-refractivity contribution in [1.29, 1.82) is 0 Å². The fourth-order valence-electron chi connectivity index (χ4n) is 3.91. The SMILES string of the molecule is Cc1nn(C)c(N(C)C)c1CNC[C@@H](c1ccco1)N1CCCCC1. The molecule has 3 rings (SSSR count). The normalized spacial score (nSPS) is 17.0. The van der Waals surface area contributed by atoms with Crippen molar-refractivity contribution in [2.75, 3.05) is 38.6 Å². The minimum Gasteiger partial charge on any atom is -0.468 e. The molecular formula is C19H31N5O. The molecule has 0 amide bonds. The van der Waals surface area contributed by atoms with Gasteiger partial charge in [0.05, 0.1) is 18.0 Å². The summed E-state index contributed by atoms with van der Waals surface area (Å²) in [5, 5.41) is 8.23. The lowest BCUT2D eigenvalue weighted by atomic mass is 10.1. The minimum absolute atomic E-state index is 0.301. The van der Waals surface area contributed by atoms with E-state index in [4.69, 9.17) is 4.42 Å². The van der Waals surface area contributed by atoms with Gasteiger partial charge in [0, 0.05) is 39.8 Å². The summed E-state index contributed by atoms with van der Waals surface area (Å²) >= 11 is 0. The Bertz CT molecular complexity index is 656. The van der Waals surface area contributed by atoms with Gasteiger partial charge < -0.3 is 14.6 Å². The van der Waals surface area contributed by atoms with Crippen molar-refractivity contribution < 1.29 is 4.42 Å². The molecule has 0 radical (unpaired) electrons. The van der Waals surface area contributed by atoms with Crippen LogP contribution in [0.15, 0.2) is 22.8 Å². The Morgan fingerprint density at radius 3 is 2.68 bits per heavy atom. The van der Waals surface area contributed by atoms with Crippen LogP contribution in [0.2, 0.25) is 0 Å². The highest BCUT2D eigenvalue weighted by atomic mass is 16.3. The molecule has 1 fully saturated rings. The van der Waals surface area contributed by atoms with E-state index >= 15 is 0 Å². The molecule has 1 aliphatic rings. The van der Waals surface area contributed by atoms with Gasteiger partial charge in [0.15, 0.2) is 0 Å². The maximum absolute atomic E-state index is 5.74. The molecule has 0 unspecified atom stereocenters. The molecule has 0 aliphatic carbocycles.